The maximum absolute atomic E-state index is 12.8. The van der Waals surface area contributed by atoms with Crippen molar-refractivity contribution >= 4 is 17.9 Å². The van der Waals surface area contributed by atoms with Gasteiger partial charge in [0.2, 0.25) is 0 Å². The summed E-state index contributed by atoms with van der Waals surface area (Å²) in [7, 11) is 0. The van der Waals surface area contributed by atoms with Gasteiger partial charge in [0.25, 0.3) is 0 Å². The van der Waals surface area contributed by atoms with E-state index in [-0.39, 0.29) is 31.1 Å². The van der Waals surface area contributed by atoms with Gasteiger partial charge < -0.3 is 14.2 Å². The fourth-order valence-electron chi connectivity index (χ4n) is 9.30. The van der Waals surface area contributed by atoms with Crippen LogP contribution in [0.4, 0.5) is 0 Å². The number of rotatable bonds is 58. The van der Waals surface area contributed by atoms with Gasteiger partial charge in [0, 0.05) is 19.3 Å². The molecule has 0 aliphatic rings. The Morgan fingerprint density at radius 3 is 0.836 bits per heavy atom. The molecule has 0 fully saturated rings. The van der Waals surface area contributed by atoms with Gasteiger partial charge in [0.15, 0.2) is 6.10 Å². The molecule has 0 aromatic heterocycles. The first kappa shape index (κ1) is 70.1. The lowest BCUT2D eigenvalue weighted by molar-refractivity contribution is -0.167. The number of allylic oxidation sites excluding steroid dienone is 10. The third kappa shape index (κ3) is 59.9. The summed E-state index contributed by atoms with van der Waals surface area (Å²) < 4.78 is 16.8. The second kappa shape index (κ2) is 61.7. The molecule has 0 aliphatic carbocycles. The van der Waals surface area contributed by atoms with Crippen LogP contribution in [-0.4, -0.2) is 37.2 Å². The first-order valence-corrected chi connectivity index (χ1v) is 31.8. The Balaban J connectivity index is 3.90. The maximum atomic E-state index is 12.8. The van der Waals surface area contributed by atoms with Gasteiger partial charge in [-0.05, 0) is 64.2 Å². The Hall–Kier alpha value is -2.89. The Kier molecular flexibility index (Phi) is 59.2. The number of esters is 3. The predicted octanol–water partition coefficient (Wildman–Crippen LogP) is 21.6. The Morgan fingerprint density at radius 2 is 0.534 bits per heavy atom. The van der Waals surface area contributed by atoms with Crippen LogP contribution >= 0.6 is 0 Å². The van der Waals surface area contributed by atoms with Crippen molar-refractivity contribution < 1.29 is 28.6 Å². The van der Waals surface area contributed by atoms with E-state index in [4.69, 9.17) is 14.2 Å². The van der Waals surface area contributed by atoms with Crippen molar-refractivity contribution in [3.8, 4) is 0 Å². The summed E-state index contributed by atoms with van der Waals surface area (Å²) in [5, 5.41) is 0. The molecule has 0 heterocycles. The van der Waals surface area contributed by atoms with Crippen LogP contribution in [0.25, 0.3) is 0 Å². The number of carbonyl (C=O) groups excluding carboxylic acids is 3. The molecule has 0 bridgehead atoms. The molecule has 1 unspecified atom stereocenters. The zero-order valence-electron chi connectivity index (χ0n) is 48.7. The molecule has 0 spiro atoms. The lowest BCUT2D eigenvalue weighted by Crippen LogP contribution is -2.30. The van der Waals surface area contributed by atoms with E-state index in [2.05, 4.69) is 81.5 Å². The summed E-state index contributed by atoms with van der Waals surface area (Å²) in [6.45, 7) is 6.50. The minimum atomic E-state index is -0.765. The SMILES string of the molecule is CC/C=C\C/C=C\C/C=C\C/C=C\C/C=C\CCCCCCCCCCCCCCCCCCCCCC(=O)OCC(COC(=O)CCCCCCCC)OC(=O)CCCCCCCCCCCCCCCC. The third-order valence-electron chi connectivity index (χ3n) is 14.0. The summed E-state index contributed by atoms with van der Waals surface area (Å²) in [6, 6.07) is 0. The molecule has 0 aromatic rings. The minimum absolute atomic E-state index is 0.0675. The molecule has 0 aromatic carbocycles. The molecule has 6 nitrogen and oxygen atoms in total. The minimum Gasteiger partial charge on any atom is -0.462 e. The highest BCUT2D eigenvalue weighted by Crippen LogP contribution is 2.17. The summed E-state index contributed by atoms with van der Waals surface area (Å²) >= 11 is 0. The number of unbranched alkanes of at least 4 members (excludes halogenated alkanes) is 37. The van der Waals surface area contributed by atoms with Gasteiger partial charge in [0.05, 0.1) is 0 Å². The molecule has 424 valence electrons. The number of hydrogen-bond donors (Lipinski definition) is 0. The van der Waals surface area contributed by atoms with E-state index in [0.717, 1.165) is 89.9 Å². The lowest BCUT2D eigenvalue weighted by Gasteiger charge is -2.18. The van der Waals surface area contributed by atoms with Crippen LogP contribution in [0.5, 0.6) is 0 Å². The van der Waals surface area contributed by atoms with Crippen LogP contribution in [0.2, 0.25) is 0 Å². The van der Waals surface area contributed by atoms with Gasteiger partial charge in [-0.15, -0.1) is 0 Å². The number of ether oxygens (including phenoxy) is 3. The van der Waals surface area contributed by atoms with E-state index < -0.39 is 6.10 Å². The Labute approximate surface area is 453 Å². The van der Waals surface area contributed by atoms with Gasteiger partial charge in [-0.3, -0.25) is 14.4 Å². The van der Waals surface area contributed by atoms with Crippen molar-refractivity contribution in [2.75, 3.05) is 13.2 Å². The molecule has 0 saturated carbocycles. The van der Waals surface area contributed by atoms with Crippen LogP contribution < -0.4 is 0 Å². The van der Waals surface area contributed by atoms with Crippen molar-refractivity contribution in [1.82, 2.24) is 0 Å². The quantitative estimate of drug-likeness (QED) is 0.0261. The van der Waals surface area contributed by atoms with Crippen LogP contribution in [0.3, 0.4) is 0 Å². The largest absolute Gasteiger partial charge is 0.462 e. The first-order valence-electron chi connectivity index (χ1n) is 31.8. The zero-order valence-corrected chi connectivity index (χ0v) is 48.7. The van der Waals surface area contributed by atoms with Crippen molar-refractivity contribution in [2.24, 2.45) is 0 Å². The second-order valence-electron chi connectivity index (χ2n) is 21.3. The molecule has 0 N–H and O–H groups in total. The molecule has 0 radical (unpaired) electrons. The standard InChI is InChI=1S/C67H120O6/c1-4-7-10-13-16-18-20-22-24-25-26-27-28-29-30-31-32-33-34-35-36-37-38-39-40-41-42-43-44-46-47-49-51-54-57-60-66(69)72-63-64(62-71-65(68)59-56-53-15-12-9-6-3)73-67(70)61-58-55-52-50-48-45-23-21-19-17-14-11-8-5-2/h7,10,16,18,22,24,26-27,29-30,64H,4-6,8-9,11-15,17,19-21,23,25,28,31-63H2,1-3H3/b10-7-,18-16-,24-22-,27-26-,30-29-. The van der Waals surface area contributed by atoms with E-state index in [1.54, 1.807) is 0 Å². The van der Waals surface area contributed by atoms with Crippen LogP contribution in [0.15, 0.2) is 60.8 Å². The Morgan fingerprint density at radius 1 is 0.288 bits per heavy atom. The summed E-state index contributed by atoms with van der Waals surface area (Å²) in [6.07, 6.45) is 78.5. The van der Waals surface area contributed by atoms with Gasteiger partial charge in [-0.1, -0.05) is 306 Å². The van der Waals surface area contributed by atoms with Crippen molar-refractivity contribution in [1.29, 1.82) is 0 Å². The molecule has 73 heavy (non-hydrogen) atoms. The number of hydrogen-bond acceptors (Lipinski definition) is 6. The highest BCUT2D eigenvalue weighted by molar-refractivity contribution is 5.71. The molecule has 6 heteroatoms. The van der Waals surface area contributed by atoms with Crippen LogP contribution in [0, 0.1) is 0 Å². The molecular formula is C67H120O6. The van der Waals surface area contributed by atoms with E-state index in [1.165, 1.54) is 199 Å². The first-order chi connectivity index (χ1) is 36.0. The van der Waals surface area contributed by atoms with Crippen molar-refractivity contribution in [3.05, 3.63) is 60.8 Å². The smallest absolute Gasteiger partial charge is 0.306 e. The van der Waals surface area contributed by atoms with Gasteiger partial charge >= 0.3 is 17.9 Å². The van der Waals surface area contributed by atoms with Crippen molar-refractivity contribution in [3.63, 3.8) is 0 Å². The van der Waals surface area contributed by atoms with E-state index in [1.807, 2.05) is 0 Å². The highest BCUT2D eigenvalue weighted by Gasteiger charge is 2.19. The second-order valence-corrected chi connectivity index (χ2v) is 21.3. The fraction of sp³-hybridized carbons (Fsp3) is 0.806. The normalized spacial score (nSPS) is 12.4. The van der Waals surface area contributed by atoms with Crippen LogP contribution in [0.1, 0.15) is 329 Å². The fourth-order valence-corrected chi connectivity index (χ4v) is 9.30. The summed E-state index contributed by atoms with van der Waals surface area (Å²) in [4.78, 5) is 37.9. The predicted molar refractivity (Wildman–Crippen MR) is 316 cm³/mol. The zero-order chi connectivity index (χ0) is 52.9. The van der Waals surface area contributed by atoms with Gasteiger partial charge in [0.1, 0.15) is 13.2 Å². The van der Waals surface area contributed by atoms with Crippen LogP contribution in [-0.2, 0) is 28.6 Å². The molecule has 0 rings (SSSR count). The Bertz CT molecular complexity index is 1310. The highest BCUT2D eigenvalue weighted by atomic mass is 16.6. The number of carbonyl (C=O) groups is 3. The molecular weight excluding hydrogens is 901 g/mol. The summed E-state index contributed by atoms with van der Waals surface area (Å²) in [5.74, 6) is -0.859. The van der Waals surface area contributed by atoms with E-state index in [9.17, 15) is 14.4 Å². The lowest BCUT2D eigenvalue weighted by atomic mass is 10.0. The van der Waals surface area contributed by atoms with Gasteiger partial charge in [-0.2, -0.15) is 0 Å². The maximum Gasteiger partial charge on any atom is 0.306 e. The van der Waals surface area contributed by atoms with Crippen molar-refractivity contribution in [2.45, 2.75) is 335 Å². The molecule has 1 atom stereocenters. The monoisotopic (exact) mass is 1020 g/mol. The molecule has 0 amide bonds. The molecule has 0 saturated heterocycles. The third-order valence-corrected chi connectivity index (χ3v) is 14.0. The topological polar surface area (TPSA) is 78.9 Å². The van der Waals surface area contributed by atoms with E-state index in [0.29, 0.717) is 19.3 Å². The average Bonchev–Trinajstić information content (AvgIpc) is 3.39. The molecule has 0 aliphatic heterocycles. The van der Waals surface area contributed by atoms with Gasteiger partial charge in [-0.25, -0.2) is 0 Å². The average molecular weight is 1020 g/mol. The summed E-state index contributed by atoms with van der Waals surface area (Å²) in [5.41, 5.74) is 0. The van der Waals surface area contributed by atoms with E-state index >= 15 is 0 Å².